The molecule has 20 heavy (non-hydrogen) atoms. The Morgan fingerprint density at radius 3 is 2.15 bits per heavy atom. The summed E-state index contributed by atoms with van der Waals surface area (Å²) in [5.41, 5.74) is 6.39. The lowest BCUT2D eigenvalue weighted by Gasteiger charge is -2.12. The van der Waals surface area contributed by atoms with Gasteiger partial charge in [0.05, 0.1) is 0 Å². The summed E-state index contributed by atoms with van der Waals surface area (Å²) in [7, 11) is 0. The van der Waals surface area contributed by atoms with Crippen molar-refractivity contribution in [2.45, 2.75) is 40.0 Å². The number of aryl methyl sites for hydroxylation is 3. The van der Waals surface area contributed by atoms with Crippen molar-refractivity contribution in [3.8, 4) is 11.8 Å². The second-order valence-corrected chi connectivity index (χ2v) is 5.46. The normalized spacial score (nSPS) is 11.6. The van der Waals surface area contributed by atoms with Crippen molar-refractivity contribution < 1.29 is 0 Å². The summed E-state index contributed by atoms with van der Waals surface area (Å²) in [6, 6.07) is 15.1. The summed E-state index contributed by atoms with van der Waals surface area (Å²) >= 11 is 0. The fourth-order valence-electron chi connectivity index (χ4n) is 2.42. The van der Waals surface area contributed by atoms with Gasteiger partial charge >= 0.3 is 0 Å². The average Bonchev–Trinajstić information content (AvgIpc) is 2.43. The smallest absolute Gasteiger partial charge is 0.0456 e. The van der Waals surface area contributed by atoms with Crippen LogP contribution in [-0.4, -0.2) is 0 Å². The fourth-order valence-corrected chi connectivity index (χ4v) is 2.42. The van der Waals surface area contributed by atoms with E-state index >= 15 is 0 Å². The van der Waals surface area contributed by atoms with Gasteiger partial charge in [-0.3, -0.25) is 0 Å². The summed E-state index contributed by atoms with van der Waals surface area (Å²) in [5, 5.41) is 0. The van der Waals surface area contributed by atoms with Gasteiger partial charge in [0.2, 0.25) is 0 Å². The predicted molar refractivity (Wildman–Crippen MR) is 87.0 cm³/mol. The highest BCUT2D eigenvalue weighted by Gasteiger charge is 2.08. The summed E-state index contributed by atoms with van der Waals surface area (Å²) in [5.74, 6) is 7.06. The van der Waals surface area contributed by atoms with Gasteiger partial charge in [-0.25, -0.2) is 0 Å². The standard InChI is InChI=1S/C20H22/c1-5-19(20-13-8-16(3)14-17(20)4)12-11-18-9-6-15(2)7-10-18/h6-10,13-14,19H,5H2,1-4H3. The number of benzene rings is 2. The Balaban J connectivity index is 2.27. The van der Waals surface area contributed by atoms with E-state index in [1.54, 1.807) is 0 Å². The van der Waals surface area contributed by atoms with Gasteiger partial charge in [0.25, 0.3) is 0 Å². The molecule has 0 bridgehead atoms. The Morgan fingerprint density at radius 2 is 1.55 bits per heavy atom. The lowest BCUT2D eigenvalue weighted by molar-refractivity contribution is 0.822. The minimum absolute atomic E-state index is 0.317. The van der Waals surface area contributed by atoms with Gasteiger partial charge in [-0.05, 0) is 50.5 Å². The summed E-state index contributed by atoms with van der Waals surface area (Å²) in [6.45, 7) is 8.61. The lowest BCUT2D eigenvalue weighted by Crippen LogP contribution is -1.97. The van der Waals surface area contributed by atoms with Crippen molar-refractivity contribution in [3.63, 3.8) is 0 Å². The van der Waals surface area contributed by atoms with Gasteiger partial charge in [0, 0.05) is 11.5 Å². The van der Waals surface area contributed by atoms with Crippen LogP contribution in [0.3, 0.4) is 0 Å². The topological polar surface area (TPSA) is 0 Å². The summed E-state index contributed by atoms with van der Waals surface area (Å²) in [6.07, 6.45) is 1.04. The van der Waals surface area contributed by atoms with E-state index in [2.05, 4.69) is 82.0 Å². The lowest BCUT2D eigenvalue weighted by atomic mass is 9.92. The van der Waals surface area contributed by atoms with E-state index in [0.29, 0.717) is 5.92 Å². The van der Waals surface area contributed by atoms with Gasteiger partial charge in [-0.1, -0.05) is 60.2 Å². The van der Waals surface area contributed by atoms with Crippen LogP contribution in [0.5, 0.6) is 0 Å². The molecule has 102 valence electrons. The monoisotopic (exact) mass is 262 g/mol. The van der Waals surface area contributed by atoms with Gasteiger partial charge in [-0.15, -0.1) is 0 Å². The van der Waals surface area contributed by atoms with Crippen LogP contribution in [0.25, 0.3) is 0 Å². The third kappa shape index (κ3) is 3.52. The van der Waals surface area contributed by atoms with E-state index in [0.717, 1.165) is 12.0 Å². The second kappa shape index (κ2) is 6.44. The van der Waals surface area contributed by atoms with Gasteiger partial charge < -0.3 is 0 Å². The highest BCUT2D eigenvalue weighted by molar-refractivity contribution is 5.41. The van der Waals surface area contributed by atoms with Crippen LogP contribution in [0.2, 0.25) is 0 Å². The molecule has 0 aliphatic rings. The zero-order valence-corrected chi connectivity index (χ0v) is 12.8. The molecule has 0 amide bonds. The third-order valence-corrected chi connectivity index (χ3v) is 3.65. The first-order valence-electron chi connectivity index (χ1n) is 7.25. The molecule has 0 heterocycles. The van der Waals surface area contributed by atoms with Crippen molar-refractivity contribution in [3.05, 3.63) is 70.3 Å². The molecule has 0 saturated heterocycles. The minimum Gasteiger partial charge on any atom is -0.0897 e. The Morgan fingerprint density at radius 1 is 0.900 bits per heavy atom. The van der Waals surface area contributed by atoms with Crippen LogP contribution in [0.4, 0.5) is 0 Å². The molecular weight excluding hydrogens is 240 g/mol. The Hall–Kier alpha value is -2.00. The molecule has 0 radical (unpaired) electrons. The molecule has 2 aromatic carbocycles. The Bertz CT molecular complexity index is 636. The zero-order valence-electron chi connectivity index (χ0n) is 12.8. The molecule has 0 fully saturated rings. The first-order valence-corrected chi connectivity index (χ1v) is 7.25. The molecule has 1 atom stereocenters. The number of rotatable bonds is 2. The largest absolute Gasteiger partial charge is 0.0897 e. The molecule has 2 aromatic rings. The number of hydrogen-bond donors (Lipinski definition) is 0. The molecule has 0 aliphatic carbocycles. The van der Waals surface area contributed by atoms with Crippen LogP contribution >= 0.6 is 0 Å². The Kier molecular flexibility index (Phi) is 4.64. The first-order chi connectivity index (χ1) is 9.60. The van der Waals surface area contributed by atoms with E-state index in [9.17, 15) is 0 Å². The molecule has 0 saturated carbocycles. The van der Waals surface area contributed by atoms with Crippen molar-refractivity contribution in [1.82, 2.24) is 0 Å². The molecule has 0 heteroatoms. The molecule has 0 spiro atoms. The van der Waals surface area contributed by atoms with Gasteiger partial charge in [-0.2, -0.15) is 0 Å². The summed E-state index contributed by atoms with van der Waals surface area (Å²) in [4.78, 5) is 0. The van der Waals surface area contributed by atoms with Crippen LogP contribution in [0.1, 0.15) is 47.1 Å². The van der Waals surface area contributed by atoms with Crippen LogP contribution < -0.4 is 0 Å². The maximum atomic E-state index is 3.43. The van der Waals surface area contributed by atoms with E-state index in [4.69, 9.17) is 0 Å². The van der Waals surface area contributed by atoms with Crippen LogP contribution in [-0.2, 0) is 0 Å². The predicted octanol–water partition coefficient (Wildman–Crippen LogP) is 5.16. The molecule has 1 unspecified atom stereocenters. The van der Waals surface area contributed by atoms with E-state index in [-0.39, 0.29) is 0 Å². The van der Waals surface area contributed by atoms with Crippen molar-refractivity contribution in [2.75, 3.05) is 0 Å². The average molecular weight is 262 g/mol. The molecule has 0 aliphatic heterocycles. The molecular formula is C20H22. The molecule has 0 N–H and O–H groups in total. The fraction of sp³-hybridized carbons (Fsp3) is 0.300. The molecule has 0 aromatic heterocycles. The Labute approximate surface area is 122 Å². The van der Waals surface area contributed by atoms with E-state index in [1.165, 1.54) is 22.3 Å². The van der Waals surface area contributed by atoms with Crippen molar-refractivity contribution in [1.29, 1.82) is 0 Å². The highest BCUT2D eigenvalue weighted by Crippen LogP contribution is 2.23. The first kappa shape index (κ1) is 14.4. The maximum absolute atomic E-state index is 3.43. The van der Waals surface area contributed by atoms with Gasteiger partial charge in [0.15, 0.2) is 0 Å². The maximum Gasteiger partial charge on any atom is 0.0456 e. The number of hydrogen-bond acceptors (Lipinski definition) is 0. The van der Waals surface area contributed by atoms with Crippen LogP contribution in [0.15, 0.2) is 42.5 Å². The minimum atomic E-state index is 0.317. The zero-order chi connectivity index (χ0) is 14.5. The SMILES string of the molecule is CCC(C#Cc1ccc(C)cc1)c1ccc(C)cc1C. The third-order valence-electron chi connectivity index (χ3n) is 3.65. The van der Waals surface area contributed by atoms with Crippen molar-refractivity contribution in [2.24, 2.45) is 0 Å². The van der Waals surface area contributed by atoms with Crippen molar-refractivity contribution >= 4 is 0 Å². The molecule has 2 rings (SSSR count). The summed E-state index contributed by atoms with van der Waals surface area (Å²) < 4.78 is 0. The van der Waals surface area contributed by atoms with E-state index < -0.39 is 0 Å². The molecule has 0 nitrogen and oxygen atoms in total. The van der Waals surface area contributed by atoms with E-state index in [1.807, 2.05) is 0 Å². The highest BCUT2D eigenvalue weighted by atomic mass is 14.1. The quantitative estimate of drug-likeness (QED) is 0.656. The second-order valence-electron chi connectivity index (χ2n) is 5.46. The van der Waals surface area contributed by atoms with Gasteiger partial charge in [0.1, 0.15) is 0 Å². The van der Waals surface area contributed by atoms with Crippen LogP contribution in [0, 0.1) is 32.6 Å².